The Morgan fingerprint density at radius 2 is 1.97 bits per heavy atom. The number of fused-ring (bicyclic) bond motifs is 3. The lowest BCUT2D eigenvalue weighted by Gasteiger charge is -2.38. The number of hydrogen-bond acceptors (Lipinski definition) is 4. The first-order valence-corrected chi connectivity index (χ1v) is 11.1. The van der Waals surface area contributed by atoms with Gasteiger partial charge < -0.3 is 10.2 Å². The molecule has 0 radical (unpaired) electrons. The van der Waals surface area contributed by atoms with Gasteiger partial charge in [-0.1, -0.05) is 31.2 Å². The number of nitro groups is 1. The van der Waals surface area contributed by atoms with Crippen LogP contribution >= 0.6 is 0 Å². The highest BCUT2D eigenvalue weighted by Gasteiger charge is 2.38. The number of non-ortho nitro benzene ring substituents is 1. The molecule has 2 aliphatic heterocycles. The van der Waals surface area contributed by atoms with Gasteiger partial charge in [0.25, 0.3) is 11.6 Å². The first-order valence-electron chi connectivity index (χ1n) is 11.1. The van der Waals surface area contributed by atoms with Crippen LogP contribution in [0.2, 0.25) is 0 Å². The molecule has 31 heavy (non-hydrogen) atoms. The first kappa shape index (κ1) is 19.8. The molecule has 0 saturated carbocycles. The minimum atomic E-state index is -0.343. The van der Waals surface area contributed by atoms with Crippen molar-refractivity contribution in [1.82, 2.24) is 4.90 Å². The number of nitro benzene ring substituents is 1. The average molecular weight is 418 g/mol. The van der Waals surface area contributed by atoms with Crippen LogP contribution < -0.4 is 5.32 Å². The highest BCUT2D eigenvalue weighted by Crippen LogP contribution is 2.50. The van der Waals surface area contributed by atoms with Crippen molar-refractivity contribution in [3.8, 4) is 0 Å². The van der Waals surface area contributed by atoms with Gasteiger partial charge in [0.15, 0.2) is 0 Å². The summed E-state index contributed by atoms with van der Waals surface area (Å²) in [6.07, 6.45) is 7.46. The molecule has 3 unspecified atom stereocenters. The quantitative estimate of drug-likeness (QED) is 0.418. The van der Waals surface area contributed by atoms with Gasteiger partial charge in [0.2, 0.25) is 0 Å². The van der Waals surface area contributed by atoms with Gasteiger partial charge in [-0.2, -0.15) is 0 Å². The lowest BCUT2D eigenvalue weighted by atomic mass is 9.76. The number of allylic oxidation sites excluding steroid dienone is 2. The molecular weight excluding hydrogens is 390 g/mol. The van der Waals surface area contributed by atoms with Crippen LogP contribution in [0.3, 0.4) is 0 Å². The Bertz CT molecular complexity index is 1060. The topological polar surface area (TPSA) is 75.5 Å². The van der Waals surface area contributed by atoms with Crippen LogP contribution in [0.25, 0.3) is 0 Å². The van der Waals surface area contributed by atoms with Crippen molar-refractivity contribution in [3.63, 3.8) is 0 Å². The van der Waals surface area contributed by atoms with E-state index in [0.717, 1.165) is 54.7 Å². The third-order valence-electron chi connectivity index (χ3n) is 7.12. The van der Waals surface area contributed by atoms with Gasteiger partial charge in [0, 0.05) is 42.4 Å². The van der Waals surface area contributed by atoms with E-state index in [0.29, 0.717) is 5.92 Å². The van der Waals surface area contributed by atoms with Gasteiger partial charge in [-0.05, 0) is 60.4 Å². The van der Waals surface area contributed by atoms with Crippen molar-refractivity contribution < 1.29 is 9.72 Å². The smallest absolute Gasteiger partial charge is 0.269 e. The van der Waals surface area contributed by atoms with Gasteiger partial charge in [0.1, 0.15) is 0 Å². The molecule has 2 aromatic rings. The first-order chi connectivity index (χ1) is 15.0. The zero-order valence-corrected chi connectivity index (χ0v) is 17.7. The minimum absolute atomic E-state index is 0.00228. The van der Waals surface area contributed by atoms with Crippen molar-refractivity contribution in [1.29, 1.82) is 0 Å². The summed E-state index contributed by atoms with van der Waals surface area (Å²) in [5, 5.41) is 14.9. The maximum atomic E-state index is 13.1. The fourth-order valence-corrected chi connectivity index (χ4v) is 5.28. The summed E-state index contributed by atoms with van der Waals surface area (Å²) in [5.74, 6) is 1.28. The molecule has 1 saturated heterocycles. The van der Waals surface area contributed by atoms with Gasteiger partial charge in [0.05, 0.1) is 11.0 Å². The van der Waals surface area contributed by atoms with E-state index in [1.807, 2.05) is 23.1 Å². The Kier molecular flexibility index (Phi) is 5.00. The number of benzene rings is 2. The monoisotopic (exact) mass is 417 g/mol. The predicted octanol–water partition coefficient (Wildman–Crippen LogP) is 5.29. The number of nitrogens with zero attached hydrogens (tertiary/aromatic N) is 2. The van der Waals surface area contributed by atoms with Crippen LogP contribution in [0.1, 0.15) is 59.6 Å². The normalized spacial score (nSPS) is 24.9. The van der Waals surface area contributed by atoms with Crippen LogP contribution in [-0.2, 0) is 0 Å². The van der Waals surface area contributed by atoms with Crippen LogP contribution in [0.5, 0.6) is 0 Å². The Balaban J connectivity index is 1.45. The molecule has 6 nitrogen and oxygen atoms in total. The molecule has 1 fully saturated rings. The summed E-state index contributed by atoms with van der Waals surface area (Å²) in [4.78, 5) is 26.0. The third kappa shape index (κ3) is 3.60. The van der Waals surface area contributed by atoms with Crippen LogP contribution in [0.4, 0.5) is 11.4 Å². The SMILES string of the molecule is CC1CCN(C(=O)c2ccc3c(c2)C2C=CCC2C(c2cccc([N+](=O)[O-])c2)N3)CC1. The maximum Gasteiger partial charge on any atom is 0.269 e. The standard InChI is InChI=1S/C25H27N3O3/c1-16-10-12-27(13-11-16)25(29)18-8-9-23-22(15-18)20-6-3-7-21(20)24(26-23)17-4-2-5-19(14-17)28(30)31/h2-6,8-9,14-16,20-21,24,26H,7,10-13H2,1H3. The molecule has 1 N–H and O–H groups in total. The van der Waals surface area contributed by atoms with Crippen molar-refractivity contribution in [2.45, 2.75) is 38.1 Å². The average Bonchev–Trinajstić information content (AvgIpc) is 3.28. The summed E-state index contributed by atoms with van der Waals surface area (Å²) in [5.41, 5.74) is 3.96. The number of piperidine rings is 1. The van der Waals surface area contributed by atoms with Crippen LogP contribution in [0, 0.1) is 22.0 Å². The molecule has 2 aromatic carbocycles. The number of nitrogens with one attached hydrogen (secondary N) is 1. The van der Waals surface area contributed by atoms with Crippen molar-refractivity contribution in [3.05, 3.63) is 81.4 Å². The number of amides is 1. The van der Waals surface area contributed by atoms with Gasteiger partial charge in [-0.15, -0.1) is 0 Å². The van der Waals surface area contributed by atoms with E-state index in [1.54, 1.807) is 12.1 Å². The lowest BCUT2D eigenvalue weighted by molar-refractivity contribution is -0.384. The molecule has 1 aliphatic carbocycles. The molecule has 3 atom stereocenters. The predicted molar refractivity (Wildman–Crippen MR) is 120 cm³/mol. The van der Waals surface area contributed by atoms with E-state index in [1.165, 1.54) is 6.07 Å². The lowest BCUT2D eigenvalue weighted by Crippen LogP contribution is -2.38. The molecular formula is C25H27N3O3. The minimum Gasteiger partial charge on any atom is -0.378 e. The third-order valence-corrected chi connectivity index (χ3v) is 7.12. The Morgan fingerprint density at radius 1 is 1.16 bits per heavy atom. The van der Waals surface area contributed by atoms with E-state index in [4.69, 9.17) is 0 Å². The van der Waals surface area contributed by atoms with Gasteiger partial charge in [-0.3, -0.25) is 14.9 Å². The fraction of sp³-hybridized carbons (Fsp3) is 0.400. The van der Waals surface area contributed by atoms with Crippen LogP contribution in [0.15, 0.2) is 54.6 Å². The second kappa shape index (κ2) is 7.84. The number of carbonyl (C=O) groups is 1. The molecule has 0 aromatic heterocycles. The summed E-state index contributed by atoms with van der Waals surface area (Å²) < 4.78 is 0. The Morgan fingerprint density at radius 3 is 2.74 bits per heavy atom. The second-order valence-electron chi connectivity index (χ2n) is 9.10. The van der Waals surface area contributed by atoms with E-state index in [2.05, 4.69) is 30.5 Å². The molecule has 0 spiro atoms. The Hall–Kier alpha value is -3.15. The number of hydrogen-bond donors (Lipinski definition) is 1. The largest absolute Gasteiger partial charge is 0.378 e. The summed E-state index contributed by atoms with van der Waals surface area (Å²) in [6, 6.07) is 12.9. The highest BCUT2D eigenvalue weighted by atomic mass is 16.6. The van der Waals surface area contributed by atoms with Gasteiger partial charge >= 0.3 is 0 Å². The van der Waals surface area contributed by atoms with E-state index in [9.17, 15) is 14.9 Å². The summed E-state index contributed by atoms with van der Waals surface area (Å²) in [7, 11) is 0. The fourth-order valence-electron chi connectivity index (χ4n) is 5.28. The van der Waals surface area contributed by atoms with Crippen molar-refractivity contribution in [2.24, 2.45) is 11.8 Å². The number of carbonyl (C=O) groups excluding carboxylic acids is 1. The second-order valence-corrected chi connectivity index (χ2v) is 9.10. The molecule has 5 rings (SSSR count). The highest BCUT2D eigenvalue weighted by molar-refractivity contribution is 5.95. The van der Waals surface area contributed by atoms with E-state index < -0.39 is 0 Å². The van der Waals surface area contributed by atoms with E-state index >= 15 is 0 Å². The Labute approximate surface area is 182 Å². The van der Waals surface area contributed by atoms with E-state index in [-0.39, 0.29) is 34.4 Å². The zero-order valence-electron chi connectivity index (χ0n) is 17.7. The number of rotatable bonds is 3. The van der Waals surface area contributed by atoms with Crippen molar-refractivity contribution >= 4 is 17.3 Å². The summed E-state index contributed by atoms with van der Waals surface area (Å²) >= 11 is 0. The summed E-state index contributed by atoms with van der Waals surface area (Å²) in [6.45, 7) is 3.91. The van der Waals surface area contributed by atoms with Crippen molar-refractivity contribution in [2.75, 3.05) is 18.4 Å². The molecule has 160 valence electrons. The van der Waals surface area contributed by atoms with Crippen LogP contribution in [-0.4, -0.2) is 28.8 Å². The molecule has 0 bridgehead atoms. The molecule has 6 heteroatoms. The van der Waals surface area contributed by atoms with Gasteiger partial charge in [-0.25, -0.2) is 0 Å². The molecule has 3 aliphatic rings. The number of anilines is 1. The number of likely N-dealkylation sites (tertiary alicyclic amines) is 1. The zero-order chi connectivity index (χ0) is 21.5. The maximum absolute atomic E-state index is 13.1. The molecule has 1 amide bonds. The molecule has 2 heterocycles.